The summed E-state index contributed by atoms with van der Waals surface area (Å²) >= 11 is 6.05. The summed E-state index contributed by atoms with van der Waals surface area (Å²) in [6.45, 7) is 1.87. The number of amides is 2. The standard InChI is InChI=1S/C19H19ClN6O2/c1-11-7-8-13(9-14(11)20)22-16(27)10-15-17(28)25-19(24-15)26-18(21)23-12-5-3-2-4-6-12/h2-9,15H,10H2,1H3,(H,22,27)(H4,21,23,24,25,26,28)/t15-/m1/s1. The van der Waals surface area contributed by atoms with E-state index in [4.69, 9.17) is 17.3 Å². The second-order valence-electron chi connectivity index (χ2n) is 6.16. The molecule has 9 heteroatoms. The summed E-state index contributed by atoms with van der Waals surface area (Å²) in [5.74, 6) is -0.639. The van der Waals surface area contributed by atoms with Crippen molar-refractivity contribution >= 4 is 46.7 Å². The van der Waals surface area contributed by atoms with Crippen molar-refractivity contribution in [3.63, 3.8) is 0 Å². The number of hydrogen-bond donors (Lipinski definition) is 4. The molecule has 0 spiro atoms. The maximum Gasteiger partial charge on any atom is 0.252 e. The largest absolute Gasteiger partial charge is 0.369 e. The van der Waals surface area contributed by atoms with Gasteiger partial charge in [-0.3, -0.25) is 14.9 Å². The van der Waals surface area contributed by atoms with Gasteiger partial charge in [0.2, 0.25) is 17.8 Å². The summed E-state index contributed by atoms with van der Waals surface area (Å²) in [6.07, 6.45) is -0.123. The Kier molecular flexibility index (Phi) is 5.90. The summed E-state index contributed by atoms with van der Waals surface area (Å²) < 4.78 is 0. The Morgan fingerprint density at radius 3 is 2.68 bits per heavy atom. The van der Waals surface area contributed by atoms with Gasteiger partial charge in [-0.15, -0.1) is 0 Å². The first-order chi connectivity index (χ1) is 13.4. The zero-order chi connectivity index (χ0) is 20.1. The lowest BCUT2D eigenvalue weighted by molar-refractivity contribution is -0.123. The van der Waals surface area contributed by atoms with E-state index in [1.54, 1.807) is 18.2 Å². The Hall–Kier alpha value is -3.39. The van der Waals surface area contributed by atoms with Crippen molar-refractivity contribution in [2.75, 3.05) is 10.6 Å². The minimum absolute atomic E-state index is 0.0575. The quantitative estimate of drug-likeness (QED) is 0.466. The number of nitrogens with one attached hydrogen (secondary N) is 3. The first-order valence-electron chi connectivity index (χ1n) is 8.51. The summed E-state index contributed by atoms with van der Waals surface area (Å²) in [5.41, 5.74) is 8.03. The Morgan fingerprint density at radius 2 is 1.96 bits per heavy atom. The maximum atomic E-state index is 12.2. The van der Waals surface area contributed by atoms with E-state index in [1.165, 1.54) is 0 Å². The molecule has 2 aromatic rings. The van der Waals surface area contributed by atoms with Gasteiger partial charge in [0.1, 0.15) is 6.04 Å². The summed E-state index contributed by atoms with van der Waals surface area (Å²) in [6, 6.07) is 13.5. The van der Waals surface area contributed by atoms with E-state index in [2.05, 4.69) is 25.9 Å². The fraction of sp³-hybridized carbons (Fsp3) is 0.158. The smallest absolute Gasteiger partial charge is 0.252 e. The average molecular weight is 399 g/mol. The van der Waals surface area contributed by atoms with Crippen molar-refractivity contribution in [1.29, 1.82) is 0 Å². The molecular formula is C19H19ClN6O2. The Labute approximate surface area is 166 Å². The molecule has 1 aliphatic rings. The van der Waals surface area contributed by atoms with Gasteiger partial charge in [0, 0.05) is 16.4 Å². The molecule has 0 saturated carbocycles. The second kappa shape index (κ2) is 8.53. The van der Waals surface area contributed by atoms with E-state index in [1.807, 2.05) is 37.3 Å². The lowest BCUT2D eigenvalue weighted by Gasteiger charge is -2.08. The molecule has 5 N–H and O–H groups in total. The molecule has 144 valence electrons. The van der Waals surface area contributed by atoms with Crippen LogP contribution in [0.5, 0.6) is 0 Å². The zero-order valence-corrected chi connectivity index (χ0v) is 15.8. The highest BCUT2D eigenvalue weighted by molar-refractivity contribution is 6.31. The van der Waals surface area contributed by atoms with E-state index in [0.29, 0.717) is 10.7 Å². The number of carbonyl (C=O) groups is 2. The van der Waals surface area contributed by atoms with Gasteiger partial charge in [0.25, 0.3) is 5.91 Å². The molecule has 3 rings (SSSR count). The monoisotopic (exact) mass is 398 g/mol. The Bertz CT molecular complexity index is 958. The van der Waals surface area contributed by atoms with Crippen molar-refractivity contribution in [2.45, 2.75) is 19.4 Å². The van der Waals surface area contributed by atoms with Gasteiger partial charge in [-0.1, -0.05) is 35.9 Å². The number of nitrogens with two attached hydrogens (primary N) is 1. The lowest BCUT2D eigenvalue weighted by atomic mass is 10.2. The van der Waals surface area contributed by atoms with Gasteiger partial charge in [-0.2, -0.15) is 4.99 Å². The molecule has 8 nitrogen and oxygen atoms in total. The third kappa shape index (κ3) is 5.08. The molecule has 2 amide bonds. The van der Waals surface area contributed by atoms with Crippen LogP contribution >= 0.6 is 11.6 Å². The number of hydrogen-bond acceptors (Lipinski definition) is 4. The van der Waals surface area contributed by atoms with Crippen molar-refractivity contribution in [3.8, 4) is 0 Å². The van der Waals surface area contributed by atoms with Crippen LogP contribution in [0, 0.1) is 6.92 Å². The highest BCUT2D eigenvalue weighted by Gasteiger charge is 2.28. The van der Waals surface area contributed by atoms with Gasteiger partial charge in [-0.25, -0.2) is 4.99 Å². The van der Waals surface area contributed by atoms with Crippen LogP contribution in [0.15, 0.2) is 58.5 Å². The van der Waals surface area contributed by atoms with Gasteiger partial charge >= 0.3 is 0 Å². The molecule has 0 saturated heterocycles. The number of aryl methyl sites for hydroxylation is 1. The number of aliphatic imine (C=N–C) groups is 2. The number of carbonyl (C=O) groups excluding carboxylic acids is 2. The van der Waals surface area contributed by atoms with Gasteiger partial charge < -0.3 is 16.4 Å². The van der Waals surface area contributed by atoms with E-state index in [-0.39, 0.29) is 24.2 Å². The molecule has 0 unspecified atom stereocenters. The van der Waals surface area contributed by atoms with Crippen LogP contribution in [0.1, 0.15) is 12.0 Å². The highest BCUT2D eigenvalue weighted by Crippen LogP contribution is 2.20. The lowest BCUT2D eigenvalue weighted by Crippen LogP contribution is -2.32. The SMILES string of the molecule is Cc1ccc(NC(=O)C[C@H]2N=C(N=C(N)Nc3ccccc3)NC2=O)cc1Cl. The zero-order valence-electron chi connectivity index (χ0n) is 15.1. The highest BCUT2D eigenvalue weighted by atomic mass is 35.5. The predicted octanol–water partition coefficient (Wildman–Crippen LogP) is 2.26. The van der Waals surface area contributed by atoms with Crippen LogP contribution in [0.3, 0.4) is 0 Å². The molecule has 0 radical (unpaired) electrons. The number of benzene rings is 2. The minimum Gasteiger partial charge on any atom is -0.369 e. The number of anilines is 2. The topological polar surface area (TPSA) is 121 Å². The third-order valence-electron chi connectivity index (χ3n) is 3.92. The van der Waals surface area contributed by atoms with E-state index >= 15 is 0 Å². The molecule has 0 aromatic heterocycles. The Balaban J connectivity index is 1.60. The van der Waals surface area contributed by atoms with Crippen LogP contribution in [0.25, 0.3) is 0 Å². The summed E-state index contributed by atoms with van der Waals surface area (Å²) in [4.78, 5) is 32.4. The first kappa shape index (κ1) is 19.4. The second-order valence-corrected chi connectivity index (χ2v) is 6.57. The van der Waals surface area contributed by atoms with Crippen molar-refractivity contribution < 1.29 is 9.59 Å². The average Bonchev–Trinajstić information content (AvgIpc) is 2.97. The summed E-state index contributed by atoms with van der Waals surface area (Å²) in [5, 5.41) is 8.64. The fourth-order valence-electron chi connectivity index (χ4n) is 2.50. The van der Waals surface area contributed by atoms with E-state index < -0.39 is 11.9 Å². The molecule has 1 aliphatic heterocycles. The van der Waals surface area contributed by atoms with Crippen LogP contribution in [-0.4, -0.2) is 29.8 Å². The number of guanidine groups is 2. The molecule has 28 heavy (non-hydrogen) atoms. The van der Waals surface area contributed by atoms with Crippen LogP contribution < -0.4 is 21.7 Å². The fourth-order valence-corrected chi connectivity index (χ4v) is 2.68. The number of para-hydroxylation sites is 1. The van der Waals surface area contributed by atoms with Gasteiger partial charge in [0.15, 0.2) is 0 Å². The maximum absolute atomic E-state index is 12.2. The van der Waals surface area contributed by atoms with Crippen molar-refractivity contribution in [1.82, 2.24) is 5.32 Å². The molecule has 0 aliphatic carbocycles. The predicted molar refractivity (Wildman–Crippen MR) is 110 cm³/mol. The van der Waals surface area contributed by atoms with Crippen LogP contribution in [0.4, 0.5) is 11.4 Å². The van der Waals surface area contributed by atoms with Crippen molar-refractivity contribution in [3.05, 3.63) is 59.1 Å². The number of halogens is 1. The molecule has 0 fully saturated rings. The minimum atomic E-state index is -0.871. The van der Waals surface area contributed by atoms with Gasteiger partial charge in [-0.05, 0) is 36.8 Å². The molecule has 1 heterocycles. The van der Waals surface area contributed by atoms with Crippen molar-refractivity contribution in [2.24, 2.45) is 15.7 Å². The number of rotatable bonds is 4. The normalized spacial score (nSPS) is 16.4. The molecule has 2 aromatic carbocycles. The number of nitrogens with zero attached hydrogens (tertiary/aromatic N) is 2. The first-order valence-corrected chi connectivity index (χ1v) is 8.89. The van der Waals surface area contributed by atoms with Crippen LogP contribution in [0.2, 0.25) is 5.02 Å². The molecular weight excluding hydrogens is 380 g/mol. The third-order valence-corrected chi connectivity index (χ3v) is 4.33. The van der Waals surface area contributed by atoms with E-state index in [9.17, 15) is 9.59 Å². The molecule has 0 bridgehead atoms. The molecule has 1 atom stereocenters. The Morgan fingerprint density at radius 1 is 1.21 bits per heavy atom. The van der Waals surface area contributed by atoms with E-state index in [0.717, 1.165) is 11.3 Å². The van der Waals surface area contributed by atoms with Gasteiger partial charge in [0.05, 0.1) is 6.42 Å². The summed E-state index contributed by atoms with van der Waals surface area (Å²) in [7, 11) is 0. The van der Waals surface area contributed by atoms with Crippen LogP contribution in [-0.2, 0) is 9.59 Å².